The van der Waals surface area contributed by atoms with Gasteiger partial charge in [-0.2, -0.15) is 13.2 Å². The van der Waals surface area contributed by atoms with Crippen molar-refractivity contribution in [3.63, 3.8) is 0 Å². The van der Waals surface area contributed by atoms with Crippen LogP contribution >= 0.6 is 0 Å². The fraction of sp³-hybridized carbons (Fsp3) is 0.667. The Balaban J connectivity index is 2.61. The van der Waals surface area contributed by atoms with Crippen LogP contribution in [0.5, 0.6) is 0 Å². The summed E-state index contributed by atoms with van der Waals surface area (Å²) in [5.74, 6) is 0. The van der Waals surface area contributed by atoms with E-state index in [9.17, 15) is 13.2 Å². The third-order valence-electron chi connectivity index (χ3n) is 1.41. The van der Waals surface area contributed by atoms with Crippen LogP contribution in [-0.2, 0) is 4.74 Å². The number of rotatable bonds is 1. The molecule has 0 fully saturated rings. The van der Waals surface area contributed by atoms with Crippen molar-refractivity contribution in [1.29, 1.82) is 0 Å². The van der Waals surface area contributed by atoms with Gasteiger partial charge in [0.25, 0.3) is 6.23 Å². The summed E-state index contributed by atoms with van der Waals surface area (Å²) in [6.07, 6.45) is -3.74. The maximum absolute atomic E-state index is 12.0. The van der Waals surface area contributed by atoms with E-state index in [1.807, 2.05) is 0 Å². The highest BCUT2D eigenvalue weighted by molar-refractivity contribution is 4.88. The zero-order chi connectivity index (χ0) is 8.48. The predicted molar refractivity (Wildman–Crippen MR) is 32.4 cm³/mol. The van der Waals surface area contributed by atoms with E-state index < -0.39 is 12.4 Å². The third kappa shape index (κ3) is 1.58. The number of alkyl halides is 3. The number of hydrogen-bond donors (Lipinski definition) is 0. The summed E-state index contributed by atoms with van der Waals surface area (Å²) in [5, 5.41) is 0. The normalized spacial score (nSPS) is 24.0. The maximum atomic E-state index is 12.0. The van der Waals surface area contributed by atoms with Crippen LogP contribution in [0.4, 0.5) is 13.2 Å². The molecule has 1 aliphatic heterocycles. The minimum Gasteiger partial charge on any atom is -0.467 e. The van der Waals surface area contributed by atoms with Crippen molar-refractivity contribution >= 4 is 0 Å². The van der Waals surface area contributed by atoms with Crippen LogP contribution in [0, 0.1) is 0 Å². The van der Waals surface area contributed by atoms with E-state index in [1.54, 1.807) is 6.92 Å². The molecule has 1 atom stereocenters. The topological polar surface area (TPSA) is 12.5 Å². The molecule has 0 aromatic heterocycles. The highest BCUT2D eigenvalue weighted by atomic mass is 19.4. The summed E-state index contributed by atoms with van der Waals surface area (Å²) in [7, 11) is 0. The fourth-order valence-corrected chi connectivity index (χ4v) is 0.880. The van der Waals surface area contributed by atoms with Crippen molar-refractivity contribution in [2.45, 2.75) is 19.3 Å². The summed E-state index contributed by atoms with van der Waals surface area (Å²) in [5.41, 5.74) is 0. The Labute approximate surface area is 62.2 Å². The van der Waals surface area contributed by atoms with Gasteiger partial charge in [-0.25, -0.2) is 0 Å². The van der Waals surface area contributed by atoms with Crippen molar-refractivity contribution in [3.8, 4) is 0 Å². The minimum atomic E-state index is -4.31. The van der Waals surface area contributed by atoms with Crippen LogP contribution in [0.2, 0.25) is 0 Å². The Bertz CT molecular complexity index is 166. The minimum absolute atomic E-state index is 0.292. The molecule has 0 saturated heterocycles. The van der Waals surface area contributed by atoms with Gasteiger partial charge in [-0.3, -0.25) is 0 Å². The van der Waals surface area contributed by atoms with Crippen molar-refractivity contribution in [2.24, 2.45) is 0 Å². The molecule has 1 aliphatic rings. The monoisotopic (exact) mass is 167 g/mol. The van der Waals surface area contributed by atoms with E-state index in [-0.39, 0.29) is 0 Å². The van der Waals surface area contributed by atoms with Crippen molar-refractivity contribution < 1.29 is 17.9 Å². The molecule has 0 bridgehead atoms. The SMILES string of the molecule is CCN1C=COC1C(F)(F)F. The molecule has 0 aliphatic carbocycles. The molecule has 0 aromatic carbocycles. The molecule has 1 unspecified atom stereocenters. The zero-order valence-electron chi connectivity index (χ0n) is 5.93. The third-order valence-corrected chi connectivity index (χ3v) is 1.41. The largest absolute Gasteiger partial charge is 0.467 e. The van der Waals surface area contributed by atoms with Gasteiger partial charge in [-0.1, -0.05) is 0 Å². The molecule has 2 nitrogen and oxygen atoms in total. The molecule has 1 rings (SSSR count). The first kappa shape index (κ1) is 8.23. The second-order valence-corrected chi connectivity index (χ2v) is 2.15. The van der Waals surface area contributed by atoms with E-state index in [4.69, 9.17) is 0 Å². The van der Waals surface area contributed by atoms with E-state index in [0.29, 0.717) is 6.54 Å². The molecule has 0 spiro atoms. The molecular formula is C6H8F3NO. The Kier molecular flexibility index (Phi) is 1.97. The van der Waals surface area contributed by atoms with Crippen molar-refractivity contribution in [2.75, 3.05) is 6.54 Å². The standard InChI is InChI=1S/C6H8F3NO/c1-2-10-3-4-11-5(10)6(7,8)9/h3-5H,2H2,1H3. The highest BCUT2D eigenvalue weighted by Crippen LogP contribution is 2.28. The van der Waals surface area contributed by atoms with Gasteiger partial charge in [0, 0.05) is 12.7 Å². The van der Waals surface area contributed by atoms with Gasteiger partial charge in [-0.05, 0) is 6.92 Å². The molecular weight excluding hydrogens is 159 g/mol. The predicted octanol–water partition coefficient (Wildman–Crippen LogP) is 1.70. The molecule has 0 aromatic rings. The van der Waals surface area contributed by atoms with Crippen LogP contribution in [0.1, 0.15) is 6.92 Å². The van der Waals surface area contributed by atoms with E-state index in [2.05, 4.69) is 4.74 Å². The molecule has 1 heterocycles. The number of hydrogen-bond acceptors (Lipinski definition) is 2. The van der Waals surface area contributed by atoms with Gasteiger partial charge in [-0.15, -0.1) is 0 Å². The first-order valence-electron chi connectivity index (χ1n) is 3.20. The van der Waals surface area contributed by atoms with Crippen LogP contribution in [0.25, 0.3) is 0 Å². The van der Waals surface area contributed by atoms with E-state index in [1.165, 1.54) is 6.20 Å². The number of halogens is 3. The highest BCUT2D eigenvalue weighted by Gasteiger charge is 2.46. The van der Waals surface area contributed by atoms with Gasteiger partial charge in [0.2, 0.25) is 0 Å². The van der Waals surface area contributed by atoms with Crippen LogP contribution in [-0.4, -0.2) is 23.8 Å². The lowest BCUT2D eigenvalue weighted by Crippen LogP contribution is -2.40. The molecule has 0 N–H and O–H groups in total. The molecule has 0 saturated carbocycles. The lowest BCUT2D eigenvalue weighted by Gasteiger charge is -2.24. The average Bonchev–Trinajstić information content (AvgIpc) is 2.31. The van der Waals surface area contributed by atoms with Crippen molar-refractivity contribution in [3.05, 3.63) is 12.5 Å². The molecule has 0 radical (unpaired) electrons. The summed E-state index contributed by atoms with van der Waals surface area (Å²) in [6, 6.07) is 0. The summed E-state index contributed by atoms with van der Waals surface area (Å²) < 4.78 is 40.3. The van der Waals surface area contributed by atoms with Crippen LogP contribution < -0.4 is 0 Å². The fourth-order valence-electron chi connectivity index (χ4n) is 0.880. The second kappa shape index (κ2) is 2.64. The number of ether oxygens (including phenoxy) is 1. The van der Waals surface area contributed by atoms with Gasteiger partial charge in [0.15, 0.2) is 0 Å². The van der Waals surface area contributed by atoms with Gasteiger partial charge in [0.1, 0.15) is 6.26 Å². The van der Waals surface area contributed by atoms with Gasteiger partial charge >= 0.3 is 6.18 Å². The van der Waals surface area contributed by atoms with Crippen LogP contribution in [0.15, 0.2) is 12.5 Å². The van der Waals surface area contributed by atoms with Gasteiger partial charge < -0.3 is 9.64 Å². The smallest absolute Gasteiger partial charge is 0.445 e. The Hall–Kier alpha value is -0.870. The zero-order valence-corrected chi connectivity index (χ0v) is 5.93. The lowest BCUT2D eigenvalue weighted by molar-refractivity contribution is -0.233. The average molecular weight is 167 g/mol. The summed E-state index contributed by atoms with van der Waals surface area (Å²) in [4.78, 5) is 1.08. The first-order chi connectivity index (χ1) is 5.05. The number of nitrogens with zero attached hydrogens (tertiary/aromatic N) is 1. The van der Waals surface area contributed by atoms with E-state index in [0.717, 1.165) is 11.2 Å². The molecule has 64 valence electrons. The van der Waals surface area contributed by atoms with E-state index >= 15 is 0 Å². The first-order valence-corrected chi connectivity index (χ1v) is 3.20. The summed E-state index contributed by atoms with van der Waals surface area (Å²) >= 11 is 0. The van der Waals surface area contributed by atoms with Gasteiger partial charge in [0.05, 0.1) is 0 Å². The molecule has 11 heavy (non-hydrogen) atoms. The second-order valence-electron chi connectivity index (χ2n) is 2.15. The Morgan fingerprint density at radius 3 is 2.55 bits per heavy atom. The maximum Gasteiger partial charge on any atom is 0.445 e. The van der Waals surface area contributed by atoms with Crippen molar-refractivity contribution in [1.82, 2.24) is 4.90 Å². The van der Waals surface area contributed by atoms with Crippen LogP contribution in [0.3, 0.4) is 0 Å². The Morgan fingerprint density at radius 1 is 1.55 bits per heavy atom. The Morgan fingerprint density at radius 2 is 2.18 bits per heavy atom. The lowest BCUT2D eigenvalue weighted by atomic mass is 10.5. The molecule has 0 amide bonds. The molecule has 5 heteroatoms. The quantitative estimate of drug-likeness (QED) is 0.589. The summed E-state index contributed by atoms with van der Waals surface area (Å²) in [6.45, 7) is 1.93.